The minimum atomic E-state index is -1.20. The number of nitrogens with two attached hydrogens (primary N) is 1. The fourth-order valence-electron chi connectivity index (χ4n) is 3.43. The molecular weight excluding hydrogens is 498 g/mol. The maximum Gasteiger partial charge on any atom is 0.263 e. The minimum absolute atomic E-state index is 0.150. The van der Waals surface area contributed by atoms with E-state index in [4.69, 9.17) is 52.1 Å². The Hall–Kier alpha value is -2.03. The first-order valence-electron chi connectivity index (χ1n) is 9.74. The number of hydrogen-bond donors (Lipinski definition) is 2. The van der Waals surface area contributed by atoms with Crippen molar-refractivity contribution in [3.63, 3.8) is 0 Å². The van der Waals surface area contributed by atoms with Gasteiger partial charge in [-0.05, 0) is 42.8 Å². The highest BCUT2D eigenvalue weighted by Crippen LogP contribution is 2.28. The smallest absolute Gasteiger partial charge is 0.263 e. The average molecular weight is 518 g/mol. The van der Waals surface area contributed by atoms with Gasteiger partial charge in [0.25, 0.3) is 17.7 Å². The van der Waals surface area contributed by atoms with Crippen molar-refractivity contribution < 1.29 is 14.4 Å². The number of rotatable bonds is 5. The van der Waals surface area contributed by atoms with Gasteiger partial charge in [0.05, 0.1) is 20.6 Å². The molecular formula is C21H20Cl4N4O3. The van der Waals surface area contributed by atoms with Crippen molar-refractivity contribution in [2.75, 3.05) is 26.2 Å². The Bertz CT molecular complexity index is 1050. The van der Waals surface area contributed by atoms with E-state index in [1.807, 2.05) is 0 Å². The summed E-state index contributed by atoms with van der Waals surface area (Å²) >= 11 is 24.2. The fourth-order valence-corrected chi connectivity index (χ4v) is 4.22. The Morgan fingerprint density at radius 2 is 1.59 bits per heavy atom. The van der Waals surface area contributed by atoms with E-state index in [1.165, 1.54) is 46.2 Å². The lowest BCUT2D eigenvalue weighted by Gasteiger charge is -2.42. The summed E-state index contributed by atoms with van der Waals surface area (Å²) in [5, 5.41) is 3.70. The van der Waals surface area contributed by atoms with Crippen LogP contribution >= 0.6 is 46.4 Å². The van der Waals surface area contributed by atoms with Crippen LogP contribution in [-0.4, -0.2) is 59.9 Å². The SMILES string of the molecule is NCCNC(=O)C1N(C(=O)c2ccc(Cl)c(Cl)c2)CCCN1C(=O)c1ccc(Cl)cc1Cl. The van der Waals surface area contributed by atoms with E-state index in [9.17, 15) is 14.4 Å². The van der Waals surface area contributed by atoms with E-state index in [2.05, 4.69) is 5.32 Å². The number of hydrogen-bond acceptors (Lipinski definition) is 4. The first kappa shape index (κ1) is 24.6. The van der Waals surface area contributed by atoms with Gasteiger partial charge in [0, 0.05) is 36.8 Å². The highest BCUT2D eigenvalue weighted by molar-refractivity contribution is 6.42. The zero-order chi connectivity index (χ0) is 23.4. The van der Waals surface area contributed by atoms with Gasteiger partial charge in [-0.1, -0.05) is 46.4 Å². The van der Waals surface area contributed by atoms with Crippen LogP contribution in [0.4, 0.5) is 0 Å². The third-order valence-electron chi connectivity index (χ3n) is 4.92. The number of benzene rings is 2. The molecule has 0 aliphatic carbocycles. The standard InChI is InChI=1S/C21H20Cl4N4O3/c22-13-3-4-14(16(24)11-13)21(32)29-9-1-8-28(19(29)18(30)27-7-6-26)20(31)12-2-5-15(23)17(25)10-12/h2-5,10-11,19H,1,6-9,26H2,(H,27,30). The Labute approximate surface area is 205 Å². The van der Waals surface area contributed by atoms with Crippen LogP contribution in [0, 0.1) is 0 Å². The van der Waals surface area contributed by atoms with Gasteiger partial charge >= 0.3 is 0 Å². The summed E-state index contributed by atoms with van der Waals surface area (Å²) in [7, 11) is 0. The van der Waals surface area contributed by atoms with Crippen LogP contribution in [0.25, 0.3) is 0 Å². The van der Waals surface area contributed by atoms with E-state index >= 15 is 0 Å². The van der Waals surface area contributed by atoms with Crippen molar-refractivity contribution in [2.24, 2.45) is 5.73 Å². The lowest BCUT2D eigenvalue weighted by molar-refractivity contribution is -0.132. The van der Waals surface area contributed by atoms with Crippen molar-refractivity contribution in [1.82, 2.24) is 15.1 Å². The lowest BCUT2D eigenvalue weighted by Crippen LogP contribution is -2.63. The number of amides is 3. The van der Waals surface area contributed by atoms with Gasteiger partial charge < -0.3 is 20.9 Å². The summed E-state index contributed by atoms with van der Waals surface area (Å²) in [6.45, 7) is 0.908. The fraction of sp³-hybridized carbons (Fsp3) is 0.286. The van der Waals surface area contributed by atoms with Gasteiger partial charge in [-0.3, -0.25) is 14.4 Å². The summed E-state index contributed by atoms with van der Waals surface area (Å²) in [4.78, 5) is 42.4. The zero-order valence-electron chi connectivity index (χ0n) is 16.8. The highest BCUT2D eigenvalue weighted by atomic mass is 35.5. The molecule has 3 amide bonds. The highest BCUT2D eigenvalue weighted by Gasteiger charge is 2.41. The van der Waals surface area contributed by atoms with Crippen LogP contribution in [0.2, 0.25) is 20.1 Å². The van der Waals surface area contributed by atoms with Crippen molar-refractivity contribution in [3.8, 4) is 0 Å². The summed E-state index contributed by atoms with van der Waals surface area (Å²) in [6, 6.07) is 8.91. The number of nitrogens with one attached hydrogen (secondary N) is 1. The minimum Gasteiger partial charge on any atom is -0.351 e. The first-order valence-corrected chi connectivity index (χ1v) is 11.3. The Morgan fingerprint density at radius 1 is 0.906 bits per heavy atom. The van der Waals surface area contributed by atoms with Crippen LogP contribution in [0.15, 0.2) is 36.4 Å². The molecule has 1 atom stereocenters. The predicted octanol–water partition coefficient (Wildman–Crippen LogP) is 3.69. The van der Waals surface area contributed by atoms with E-state index in [0.29, 0.717) is 16.5 Å². The number of nitrogens with zero attached hydrogens (tertiary/aromatic N) is 2. The summed E-state index contributed by atoms with van der Waals surface area (Å²) in [6.07, 6.45) is -0.735. The molecule has 1 saturated heterocycles. The van der Waals surface area contributed by atoms with Crippen LogP contribution in [0.3, 0.4) is 0 Å². The third-order valence-corrected chi connectivity index (χ3v) is 6.20. The monoisotopic (exact) mass is 516 g/mol. The van der Waals surface area contributed by atoms with Crippen molar-refractivity contribution in [2.45, 2.75) is 12.6 Å². The predicted molar refractivity (Wildman–Crippen MR) is 125 cm³/mol. The van der Waals surface area contributed by atoms with Crippen molar-refractivity contribution in [3.05, 3.63) is 67.6 Å². The molecule has 3 N–H and O–H groups in total. The maximum atomic E-state index is 13.3. The summed E-state index contributed by atoms with van der Waals surface area (Å²) < 4.78 is 0. The molecule has 1 fully saturated rings. The molecule has 0 saturated carbocycles. The molecule has 11 heteroatoms. The molecule has 1 aliphatic rings. The molecule has 32 heavy (non-hydrogen) atoms. The van der Waals surface area contributed by atoms with Crippen LogP contribution < -0.4 is 11.1 Å². The topological polar surface area (TPSA) is 95.7 Å². The van der Waals surface area contributed by atoms with Crippen molar-refractivity contribution in [1.29, 1.82) is 0 Å². The summed E-state index contributed by atoms with van der Waals surface area (Å²) in [5.74, 6) is -1.48. The molecule has 0 bridgehead atoms. The number of carbonyl (C=O) groups excluding carboxylic acids is 3. The third kappa shape index (κ3) is 5.30. The van der Waals surface area contributed by atoms with Gasteiger partial charge in [-0.25, -0.2) is 0 Å². The van der Waals surface area contributed by atoms with Gasteiger partial charge in [0.2, 0.25) is 0 Å². The van der Waals surface area contributed by atoms with E-state index in [0.717, 1.165) is 0 Å². The largest absolute Gasteiger partial charge is 0.351 e. The van der Waals surface area contributed by atoms with Gasteiger partial charge in [-0.2, -0.15) is 0 Å². The number of carbonyl (C=O) groups is 3. The molecule has 2 aromatic rings. The van der Waals surface area contributed by atoms with E-state index in [1.54, 1.807) is 0 Å². The van der Waals surface area contributed by atoms with Crippen LogP contribution in [0.1, 0.15) is 27.1 Å². The Kier molecular flexibility index (Phi) is 8.25. The second-order valence-electron chi connectivity index (χ2n) is 7.06. The Morgan fingerprint density at radius 3 is 2.22 bits per heavy atom. The normalized spacial score (nSPS) is 16.1. The quantitative estimate of drug-likeness (QED) is 0.632. The Balaban J connectivity index is 1.98. The molecule has 170 valence electrons. The molecule has 0 radical (unpaired) electrons. The second kappa shape index (κ2) is 10.7. The van der Waals surface area contributed by atoms with Gasteiger partial charge in [-0.15, -0.1) is 0 Å². The molecule has 1 heterocycles. The van der Waals surface area contributed by atoms with Gasteiger partial charge in [0.15, 0.2) is 6.17 Å². The average Bonchev–Trinajstić information content (AvgIpc) is 2.77. The second-order valence-corrected chi connectivity index (χ2v) is 8.72. The molecule has 1 aliphatic heterocycles. The molecule has 0 spiro atoms. The number of halogens is 4. The molecule has 7 nitrogen and oxygen atoms in total. The first-order chi connectivity index (χ1) is 15.2. The maximum absolute atomic E-state index is 13.3. The van der Waals surface area contributed by atoms with Crippen LogP contribution in [0.5, 0.6) is 0 Å². The van der Waals surface area contributed by atoms with Gasteiger partial charge in [0.1, 0.15) is 0 Å². The van der Waals surface area contributed by atoms with E-state index < -0.39 is 23.9 Å². The molecule has 2 aromatic carbocycles. The zero-order valence-corrected chi connectivity index (χ0v) is 19.8. The van der Waals surface area contributed by atoms with Crippen LogP contribution in [-0.2, 0) is 4.79 Å². The molecule has 1 unspecified atom stereocenters. The van der Waals surface area contributed by atoms with Crippen molar-refractivity contribution >= 4 is 64.1 Å². The van der Waals surface area contributed by atoms with E-state index in [-0.39, 0.29) is 47.4 Å². The molecule has 3 rings (SSSR count). The lowest BCUT2D eigenvalue weighted by atomic mass is 10.1. The summed E-state index contributed by atoms with van der Waals surface area (Å²) in [5.41, 5.74) is 5.93. The molecule has 0 aromatic heterocycles.